The standard InChI is InChI=1S/C17H27N3O3/c1-20-9-10-23-15(13-20)11-18-12-17(21)19-8-7-14-5-3-4-6-16(14)22-2/h3-6,15,18H,7-13H2,1-2H3,(H,19,21)/t15-/m0/s1. The minimum atomic E-state index is 0.00376. The summed E-state index contributed by atoms with van der Waals surface area (Å²) in [7, 11) is 3.74. The van der Waals surface area contributed by atoms with Crippen molar-refractivity contribution in [1.82, 2.24) is 15.5 Å². The fraction of sp³-hybridized carbons (Fsp3) is 0.588. The Morgan fingerprint density at radius 1 is 1.43 bits per heavy atom. The molecule has 1 aliphatic rings. The lowest BCUT2D eigenvalue weighted by atomic mass is 10.1. The largest absolute Gasteiger partial charge is 0.496 e. The predicted molar refractivity (Wildman–Crippen MR) is 89.8 cm³/mol. The van der Waals surface area contributed by atoms with Gasteiger partial charge in [0.1, 0.15) is 5.75 Å². The molecule has 1 saturated heterocycles. The highest BCUT2D eigenvalue weighted by atomic mass is 16.5. The number of benzene rings is 1. The average Bonchev–Trinajstić information content (AvgIpc) is 2.55. The number of methoxy groups -OCH3 is 1. The van der Waals surface area contributed by atoms with E-state index in [1.165, 1.54) is 0 Å². The molecule has 0 aliphatic carbocycles. The van der Waals surface area contributed by atoms with Crippen molar-refractivity contribution in [1.29, 1.82) is 0 Å². The van der Waals surface area contributed by atoms with E-state index in [0.717, 1.165) is 37.4 Å². The van der Waals surface area contributed by atoms with Gasteiger partial charge in [0.2, 0.25) is 5.91 Å². The number of morpholine rings is 1. The van der Waals surface area contributed by atoms with Crippen LogP contribution in [0.25, 0.3) is 0 Å². The molecule has 1 aliphatic heterocycles. The first kappa shape index (κ1) is 17.7. The van der Waals surface area contributed by atoms with Gasteiger partial charge in [0.25, 0.3) is 0 Å². The van der Waals surface area contributed by atoms with Crippen molar-refractivity contribution in [3.05, 3.63) is 29.8 Å². The smallest absolute Gasteiger partial charge is 0.233 e. The normalized spacial score (nSPS) is 18.6. The lowest BCUT2D eigenvalue weighted by Crippen LogP contribution is -2.46. The first-order valence-electron chi connectivity index (χ1n) is 8.08. The van der Waals surface area contributed by atoms with Crippen LogP contribution in [0.2, 0.25) is 0 Å². The van der Waals surface area contributed by atoms with Gasteiger partial charge in [-0.2, -0.15) is 0 Å². The Bertz CT molecular complexity index is 496. The van der Waals surface area contributed by atoms with Gasteiger partial charge in [-0.05, 0) is 25.1 Å². The zero-order chi connectivity index (χ0) is 16.5. The number of ether oxygens (including phenoxy) is 2. The zero-order valence-corrected chi connectivity index (χ0v) is 14.0. The Morgan fingerprint density at radius 2 is 2.26 bits per heavy atom. The van der Waals surface area contributed by atoms with E-state index in [4.69, 9.17) is 9.47 Å². The highest BCUT2D eigenvalue weighted by Crippen LogP contribution is 2.17. The van der Waals surface area contributed by atoms with E-state index >= 15 is 0 Å². The first-order valence-corrected chi connectivity index (χ1v) is 8.08. The van der Waals surface area contributed by atoms with Gasteiger partial charge in [-0.3, -0.25) is 4.79 Å². The molecule has 1 aromatic rings. The van der Waals surface area contributed by atoms with Crippen LogP contribution in [0.3, 0.4) is 0 Å². The molecule has 6 heteroatoms. The van der Waals surface area contributed by atoms with Crippen LogP contribution < -0.4 is 15.4 Å². The van der Waals surface area contributed by atoms with Crippen molar-refractivity contribution in [3.8, 4) is 5.75 Å². The number of rotatable bonds is 8. The number of amides is 1. The molecule has 1 amide bonds. The van der Waals surface area contributed by atoms with Crippen LogP contribution in [0.1, 0.15) is 5.56 Å². The van der Waals surface area contributed by atoms with Crippen molar-refractivity contribution >= 4 is 5.91 Å². The Hall–Kier alpha value is -1.63. The first-order chi connectivity index (χ1) is 11.2. The number of hydrogen-bond donors (Lipinski definition) is 2. The molecular formula is C17H27N3O3. The maximum Gasteiger partial charge on any atom is 0.233 e. The SMILES string of the molecule is COc1ccccc1CCNC(=O)CNC[C@H]1CN(C)CCO1. The van der Waals surface area contributed by atoms with Gasteiger partial charge < -0.3 is 25.0 Å². The summed E-state index contributed by atoms with van der Waals surface area (Å²) in [5, 5.41) is 6.08. The van der Waals surface area contributed by atoms with Crippen LogP contribution in [0.5, 0.6) is 5.75 Å². The minimum Gasteiger partial charge on any atom is -0.496 e. The maximum atomic E-state index is 11.8. The minimum absolute atomic E-state index is 0.00376. The fourth-order valence-electron chi connectivity index (χ4n) is 2.65. The summed E-state index contributed by atoms with van der Waals surface area (Å²) in [5.41, 5.74) is 1.10. The number of nitrogens with zero attached hydrogens (tertiary/aromatic N) is 1. The van der Waals surface area contributed by atoms with Gasteiger partial charge in [0, 0.05) is 26.2 Å². The van der Waals surface area contributed by atoms with E-state index in [1.54, 1.807) is 7.11 Å². The summed E-state index contributed by atoms with van der Waals surface area (Å²) < 4.78 is 10.9. The average molecular weight is 321 g/mol. The second-order valence-corrected chi connectivity index (χ2v) is 5.80. The summed E-state index contributed by atoms with van der Waals surface area (Å²) in [5.74, 6) is 0.863. The third-order valence-electron chi connectivity index (χ3n) is 3.91. The summed E-state index contributed by atoms with van der Waals surface area (Å²) in [6.07, 6.45) is 0.918. The van der Waals surface area contributed by atoms with Gasteiger partial charge in [0.05, 0.1) is 26.4 Å². The van der Waals surface area contributed by atoms with Gasteiger partial charge in [-0.1, -0.05) is 18.2 Å². The van der Waals surface area contributed by atoms with Crippen molar-refractivity contribution in [2.24, 2.45) is 0 Å². The molecule has 2 rings (SSSR count). The summed E-state index contributed by atoms with van der Waals surface area (Å²) in [6.45, 7) is 4.25. The number of likely N-dealkylation sites (N-methyl/N-ethyl adjacent to an activating group) is 1. The molecule has 0 saturated carbocycles. The van der Waals surface area contributed by atoms with E-state index < -0.39 is 0 Å². The molecule has 0 bridgehead atoms. The van der Waals surface area contributed by atoms with Gasteiger partial charge in [-0.15, -0.1) is 0 Å². The highest BCUT2D eigenvalue weighted by molar-refractivity contribution is 5.77. The molecule has 128 valence electrons. The second kappa shape index (κ2) is 9.50. The van der Waals surface area contributed by atoms with Crippen molar-refractivity contribution in [3.63, 3.8) is 0 Å². The van der Waals surface area contributed by atoms with Crippen LogP contribution in [0.4, 0.5) is 0 Å². The number of carbonyl (C=O) groups excluding carboxylic acids is 1. The third-order valence-corrected chi connectivity index (χ3v) is 3.91. The number of hydrogen-bond acceptors (Lipinski definition) is 5. The van der Waals surface area contributed by atoms with E-state index in [2.05, 4.69) is 22.6 Å². The van der Waals surface area contributed by atoms with Crippen LogP contribution in [0, 0.1) is 0 Å². The molecule has 1 atom stereocenters. The quantitative estimate of drug-likeness (QED) is 0.720. The topological polar surface area (TPSA) is 62.8 Å². The molecule has 1 heterocycles. The van der Waals surface area contributed by atoms with Crippen molar-refractivity contribution < 1.29 is 14.3 Å². The highest BCUT2D eigenvalue weighted by Gasteiger charge is 2.17. The Labute approximate surface area is 138 Å². The van der Waals surface area contributed by atoms with Crippen LogP contribution in [-0.2, 0) is 16.0 Å². The van der Waals surface area contributed by atoms with Gasteiger partial charge in [-0.25, -0.2) is 0 Å². The Morgan fingerprint density at radius 3 is 3.04 bits per heavy atom. The van der Waals surface area contributed by atoms with Crippen molar-refractivity contribution in [2.45, 2.75) is 12.5 Å². The molecule has 23 heavy (non-hydrogen) atoms. The van der Waals surface area contributed by atoms with Gasteiger partial charge >= 0.3 is 0 Å². The molecule has 0 radical (unpaired) electrons. The molecule has 0 unspecified atom stereocenters. The summed E-state index contributed by atoms with van der Waals surface area (Å²) in [4.78, 5) is 14.1. The van der Waals surface area contributed by atoms with Crippen LogP contribution in [-0.4, -0.2) is 70.4 Å². The van der Waals surface area contributed by atoms with Crippen molar-refractivity contribution in [2.75, 3.05) is 53.5 Å². The molecule has 6 nitrogen and oxygen atoms in total. The van der Waals surface area contributed by atoms with E-state index in [-0.39, 0.29) is 12.0 Å². The fourth-order valence-corrected chi connectivity index (χ4v) is 2.65. The van der Waals surface area contributed by atoms with Crippen LogP contribution in [0.15, 0.2) is 24.3 Å². The second-order valence-electron chi connectivity index (χ2n) is 5.80. The maximum absolute atomic E-state index is 11.8. The molecule has 1 fully saturated rings. The molecular weight excluding hydrogens is 294 g/mol. The zero-order valence-electron chi connectivity index (χ0n) is 14.0. The Kier molecular flexibility index (Phi) is 7.32. The molecule has 0 spiro atoms. The monoisotopic (exact) mass is 321 g/mol. The lowest BCUT2D eigenvalue weighted by Gasteiger charge is -2.30. The summed E-state index contributed by atoms with van der Waals surface area (Å²) >= 11 is 0. The molecule has 1 aromatic carbocycles. The van der Waals surface area contributed by atoms with Gasteiger partial charge in [0.15, 0.2) is 0 Å². The predicted octanol–water partition coefficient (Wildman–Crippen LogP) is 0.274. The third kappa shape index (κ3) is 6.17. The van der Waals surface area contributed by atoms with E-state index in [1.807, 2.05) is 24.3 Å². The number of para-hydroxylation sites is 1. The number of nitrogens with one attached hydrogen (secondary N) is 2. The molecule has 2 N–H and O–H groups in total. The van der Waals surface area contributed by atoms with Crippen LogP contribution >= 0.6 is 0 Å². The van der Waals surface area contributed by atoms with E-state index in [9.17, 15) is 4.79 Å². The Balaban J connectivity index is 1.60. The lowest BCUT2D eigenvalue weighted by molar-refractivity contribution is -0.120. The number of carbonyl (C=O) groups is 1. The summed E-state index contributed by atoms with van der Waals surface area (Å²) in [6, 6.07) is 7.86. The van der Waals surface area contributed by atoms with E-state index in [0.29, 0.717) is 19.6 Å². The molecule has 0 aromatic heterocycles.